The molecule has 2 N–H and O–H groups in total. The lowest BCUT2D eigenvalue weighted by Gasteiger charge is -2.04. The van der Waals surface area contributed by atoms with E-state index in [1.165, 1.54) is 30.3 Å². The Morgan fingerprint density at radius 1 is 1.04 bits per heavy atom. The number of rotatable bonds is 5. The smallest absolute Gasteiger partial charge is 0.335 e. The summed E-state index contributed by atoms with van der Waals surface area (Å²) in [5.74, 6) is -0.775. The number of amides is 1. The number of carboxylic acid groups (broad SMARTS) is 1. The molecule has 0 aliphatic heterocycles. The molecule has 0 atom stereocenters. The van der Waals surface area contributed by atoms with Crippen molar-refractivity contribution in [2.24, 2.45) is 0 Å². The van der Waals surface area contributed by atoms with Gasteiger partial charge in [0.2, 0.25) is 0 Å². The van der Waals surface area contributed by atoms with E-state index in [4.69, 9.17) is 21.1 Å². The van der Waals surface area contributed by atoms with E-state index in [-0.39, 0.29) is 11.1 Å². The lowest BCUT2D eigenvalue weighted by Crippen LogP contribution is -2.13. The van der Waals surface area contributed by atoms with Crippen LogP contribution >= 0.6 is 11.6 Å². The lowest BCUT2D eigenvalue weighted by atomic mass is 10.2. The highest BCUT2D eigenvalue weighted by molar-refractivity contribution is 6.30. The van der Waals surface area contributed by atoms with E-state index in [0.29, 0.717) is 22.2 Å². The van der Waals surface area contributed by atoms with E-state index in [1.807, 2.05) is 6.07 Å². The zero-order valence-corrected chi connectivity index (χ0v) is 15.1. The number of benzene rings is 2. The third kappa shape index (κ3) is 4.47. The third-order valence-corrected chi connectivity index (χ3v) is 4.05. The molecule has 1 amide bonds. The highest BCUT2D eigenvalue weighted by Gasteiger charge is 2.12. The highest BCUT2D eigenvalue weighted by atomic mass is 35.5. The van der Waals surface area contributed by atoms with Gasteiger partial charge in [0.1, 0.15) is 23.2 Å². The van der Waals surface area contributed by atoms with Crippen LogP contribution in [0.2, 0.25) is 5.02 Å². The largest absolute Gasteiger partial charge is 0.478 e. The Labute approximate surface area is 165 Å². The maximum absolute atomic E-state index is 12.3. The molecule has 2 aromatic carbocycles. The summed E-state index contributed by atoms with van der Waals surface area (Å²) in [7, 11) is 0. The van der Waals surface area contributed by atoms with E-state index in [9.17, 15) is 14.9 Å². The van der Waals surface area contributed by atoms with Gasteiger partial charge in [0.15, 0.2) is 0 Å². The Bertz CT molecular complexity index is 1090. The van der Waals surface area contributed by atoms with Gasteiger partial charge in [-0.15, -0.1) is 0 Å². The zero-order valence-electron chi connectivity index (χ0n) is 14.3. The summed E-state index contributed by atoms with van der Waals surface area (Å²) >= 11 is 5.87. The fraction of sp³-hybridized carbons (Fsp3) is 0. The van der Waals surface area contributed by atoms with E-state index in [1.54, 1.807) is 36.4 Å². The summed E-state index contributed by atoms with van der Waals surface area (Å²) in [4.78, 5) is 23.2. The molecule has 138 valence electrons. The van der Waals surface area contributed by atoms with Crippen molar-refractivity contribution in [2.45, 2.75) is 0 Å². The first-order valence-electron chi connectivity index (χ1n) is 8.08. The molecule has 0 aliphatic carbocycles. The number of carbonyl (C=O) groups excluding carboxylic acids is 1. The molecule has 6 nitrogen and oxygen atoms in total. The van der Waals surface area contributed by atoms with Gasteiger partial charge in [0.25, 0.3) is 5.91 Å². The van der Waals surface area contributed by atoms with Gasteiger partial charge in [-0.3, -0.25) is 4.79 Å². The Kier molecular flexibility index (Phi) is 5.58. The van der Waals surface area contributed by atoms with Crippen LogP contribution in [-0.4, -0.2) is 17.0 Å². The van der Waals surface area contributed by atoms with Crippen LogP contribution in [0.3, 0.4) is 0 Å². The normalized spacial score (nSPS) is 10.9. The van der Waals surface area contributed by atoms with E-state index < -0.39 is 11.9 Å². The predicted molar refractivity (Wildman–Crippen MR) is 105 cm³/mol. The van der Waals surface area contributed by atoms with Crippen molar-refractivity contribution < 1.29 is 19.1 Å². The molecule has 7 heteroatoms. The van der Waals surface area contributed by atoms with E-state index >= 15 is 0 Å². The molecule has 3 aromatic rings. The van der Waals surface area contributed by atoms with Gasteiger partial charge in [-0.25, -0.2) is 4.79 Å². The minimum absolute atomic E-state index is 0.0966. The van der Waals surface area contributed by atoms with Gasteiger partial charge in [-0.2, -0.15) is 5.26 Å². The van der Waals surface area contributed by atoms with Crippen molar-refractivity contribution in [1.82, 2.24) is 0 Å². The lowest BCUT2D eigenvalue weighted by molar-refractivity contribution is -0.112. The van der Waals surface area contributed by atoms with Crippen LogP contribution in [0.5, 0.6) is 0 Å². The summed E-state index contributed by atoms with van der Waals surface area (Å²) in [6.07, 6.45) is 1.33. The molecule has 0 saturated heterocycles. The Morgan fingerprint density at radius 3 is 2.32 bits per heavy atom. The molecule has 0 saturated carbocycles. The highest BCUT2D eigenvalue weighted by Crippen LogP contribution is 2.25. The van der Waals surface area contributed by atoms with Crippen molar-refractivity contribution >= 4 is 35.2 Å². The van der Waals surface area contributed by atoms with Crippen LogP contribution in [0.25, 0.3) is 17.4 Å². The number of carbonyl (C=O) groups is 2. The van der Waals surface area contributed by atoms with Gasteiger partial charge in [0.05, 0.1) is 5.56 Å². The number of aromatic carboxylic acids is 1. The molecule has 0 spiro atoms. The van der Waals surface area contributed by atoms with Crippen molar-refractivity contribution in [1.29, 1.82) is 5.26 Å². The quantitative estimate of drug-likeness (QED) is 0.477. The SMILES string of the molecule is N#CC(=Cc1ccc(-c2ccc(Cl)cc2)o1)C(=O)Nc1ccc(C(=O)O)cc1. The summed E-state index contributed by atoms with van der Waals surface area (Å²) < 4.78 is 5.67. The van der Waals surface area contributed by atoms with Crippen LogP contribution in [-0.2, 0) is 4.79 Å². The second kappa shape index (κ2) is 8.25. The maximum atomic E-state index is 12.3. The molecule has 0 radical (unpaired) electrons. The van der Waals surface area contributed by atoms with Crippen molar-refractivity contribution in [3.05, 3.63) is 82.6 Å². The van der Waals surface area contributed by atoms with Crippen LogP contribution in [0.1, 0.15) is 16.1 Å². The minimum atomic E-state index is -1.07. The average Bonchev–Trinajstić information content (AvgIpc) is 3.15. The van der Waals surface area contributed by atoms with Crippen molar-refractivity contribution in [3.63, 3.8) is 0 Å². The van der Waals surface area contributed by atoms with Gasteiger partial charge >= 0.3 is 5.97 Å². The van der Waals surface area contributed by atoms with Gasteiger partial charge in [-0.05, 0) is 60.7 Å². The first-order chi connectivity index (χ1) is 13.5. The molecule has 1 heterocycles. The summed E-state index contributed by atoms with van der Waals surface area (Å²) in [6, 6.07) is 17.9. The molecule has 3 rings (SSSR count). The molecule has 28 heavy (non-hydrogen) atoms. The number of hydrogen-bond donors (Lipinski definition) is 2. The minimum Gasteiger partial charge on any atom is -0.478 e. The zero-order chi connectivity index (χ0) is 20.1. The number of carboxylic acids is 1. The Morgan fingerprint density at radius 2 is 1.71 bits per heavy atom. The first kappa shape index (κ1) is 19.0. The molecule has 0 unspecified atom stereocenters. The summed E-state index contributed by atoms with van der Waals surface area (Å²) in [5.41, 5.74) is 1.13. The predicted octanol–water partition coefficient (Wildman–Crippen LogP) is 4.84. The number of nitrogens with zero attached hydrogens (tertiary/aromatic N) is 1. The van der Waals surface area contributed by atoms with Crippen molar-refractivity contribution in [2.75, 3.05) is 5.32 Å². The fourth-order valence-electron chi connectivity index (χ4n) is 2.39. The summed E-state index contributed by atoms with van der Waals surface area (Å²) in [5, 5.41) is 21.3. The molecule has 0 aliphatic rings. The number of furan rings is 1. The number of hydrogen-bond acceptors (Lipinski definition) is 4. The number of halogens is 1. The second-order valence-electron chi connectivity index (χ2n) is 5.72. The van der Waals surface area contributed by atoms with Crippen molar-refractivity contribution in [3.8, 4) is 17.4 Å². The monoisotopic (exact) mass is 392 g/mol. The summed E-state index contributed by atoms with van der Waals surface area (Å²) in [6.45, 7) is 0. The van der Waals surface area contributed by atoms with Crippen LogP contribution < -0.4 is 5.32 Å². The molecule has 0 bridgehead atoms. The van der Waals surface area contributed by atoms with Crippen LogP contribution in [0.15, 0.2) is 70.7 Å². The van der Waals surface area contributed by atoms with Gasteiger partial charge in [-0.1, -0.05) is 11.6 Å². The number of nitrogens with one attached hydrogen (secondary N) is 1. The fourth-order valence-corrected chi connectivity index (χ4v) is 2.51. The van der Waals surface area contributed by atoms with Crippen LogP contribution in [0.4, 0.5) is 5.69 Å². The molecular weight excluding hydrogens is 380 g/mol. The van der Waals surface area contributed by atoms with Gasteiger partial charge in [0, 0.05) is 22.3 Å². The number of nitriles is 1. The van der Waals surface area contributed by atoms with E-state index in [0.717, 1.165) is 5.56 Å². The number of anilines is 1. The molecular formula is C21H13ClN2O4. The first-order valence-corrected chi connectivity index (χ1v) is 8.46. The molecule has 1 aromatic heterocycles. The molecule has 0 fully saturated rings. The standard InChI is InChI=1S/C21H13ClN2O4/c22-16-5-1-13(2-6-16)19-10-9-18(28-19)11-15(12-23)20(25)24-17-7-3-14(4-8-17)21(26)27/h1-11H,(H,24,25)(H,26,27). The van der Waals surface area contributed by atoms with E-state index in [2.05, 4.69) is 5.32 Å². The van der Waals surface area contributed by atoms with Crippen LogP contribution in [0, 0.1) is 11.3 Å². The Balaban J connectivity index is 1.76. The average molecular weight is 393 g/mol. The maximum Gasteiger partial charge on any atom is 0.335 e. The Hall–Kier alpha value is -3.82. The second-order valence-corrected chi connectivity index (χ2v) is 6.15. The van der Waals surface area contributed by atoms with Gasteiger partial charge < -0.3 is 14.8 Å². The third-order valence-electron chi connectivity index (χ3n) is 3.80. The topological polar surface area (TPSA) is 103 Å².